The Balaban J connectivity index is 3.15. The Morgan fingerprint density at radius 2 is 1.71 bits per heavy atom. The maximum atomic E-state index is 13.0. The highest BCUT2D eigenvalue weighted by Crippen LogP contribution is 2.21. The van der Waals surface area contributed by atoms with Crippen LogP contribution < -0.4 is 9.62 Å². The summed E-state index contributed by atoms with van der Waals surface area (Å²) in [5.41, 5.74) is -0.229. The Kier molecular flexibility index (Phi) is 4.99. The van der Waals surface area contributed by atoms with Gasteiger partial charge in [-0.15, -0.1) is 0 Å². The second-order valence-corrected chi connectivity index (χ2v) is 7.81. The van der Waals surface area contributed by atoms with Crippen LogP contribution in [0.15, 0.2) is 24.3 Å². The van der Waals surface area contributed by atoms with E-state index in [1.165, 1.54) is 19.1 Å². The highest BCUT2D eigenvalue weighted by molar-refractivity contribution is 7.92. The average Bonchev–Trinajstić information content (AvgIpc) is 2.27. The van der Waals surface area contributed by atoms with Gasteiger partial charge >= 0.3 is 0 Å². The van der Waals surface area contributed by atoms with Crippen molar-refractivity contribution in [3.63, 3.8) is 0 Å². The molecule has 0 aromatic heterocycles. The molecule has 1 N–H and O–H groups in total. The summed E-state index contributed by atoms with van der Waals surface area (Å²) in [6.45, 7) is 6.91. The number of halogens is 1. The Morgan fingerprint density at radius 3 is 2.10 bits per heavy atom. The lowest BCUT2D eigenvalue weighted by Gasteiger charge is -2.31. The van der Waals surface area contributed by atoms with Crippen molar-refractivity contribution in [2.75, 3.05) is 10.6 Å². The summed E-state index contributed by atoms with van der Waals surface area (Å²) in [5, 5.41) is 2.73. The van der Waals surface area contributed by atoms with Crippen LogP contribution in [0, 0.1) is 5.82 Å². The molecular weight excluding hydrogens is 295 g/mol. The summed E-state index contributed by atoms with van der Waals surface area (Å²) in [6, 6.07) is 4.03. The summed E-state index contributed by atoms with van der Waals surface area (Å²) in [4.78, 5) is 12.2. The molecular formula is C14H21FN2O3S. The first-order valence-corrected chi connectivity index (χ1v) is 8.33. The van der Waals surface area contributed by atoms with Crippen molar-refractivity contribution >= 4 is 21.6 Å². The van der Waals surface area contributed by atoms with Crippen molar-refractivity contribution in [3.05, 3.63) is 30.1 Å². The van der Waals surface area contributed by atoms with Crippen molar-refractivity contribution in [1.29, 1.82) is 0 Å². The van der Waals surface area contributed by atoms with E-state index in [0.29, 0.717) is 0 Å². The van der Waals surface area contributed by atoms with Crippen molar-refractivity contribution in [2.24, 2.45) is 0 Å². The van der Waals surface area contributed by atoms with E-state index in [9.17, 15) is 17.6 Å². The van der Waals surface area contributed by atoms with Crippen LogP contribution in [0.2, 0.25) is 0 Å². The third-order valence-corrected chi connectivity index (χ3v) is 3.91. The maximum absolute atomic E-state index is 13.0. The van der Waals surface area contributed by atoms with Gasteiger partial charge in [0.25, 0.3) is 0 Å². The van der Waals surface area contributed by atoms with E-state index in [0.717, 1.165) is 22.7 Å². The molecule has 1 aromatic rings. The van der Waals surface area contributed by atoms with Crippen molar-refractivity contribution in [2.45, 2.75) is 39.3 Å². The Hall–Kier alpha value is -1.63. The number of hydrogen-bond acceptors (Lipinski definition) is 3. The quantitative estimate of drug-likeness (QED) is 0.922. The molecule has 5 nitrogen and oxygen atoms in total. The number of nitrogens with zero attached hydrogens (tertiary/aromatic N) is 1. The van der Waals surface area contributed by atoms with Gasteiger partial charge in [0.2, 0.25) is 15.9 Å². The zero-order valence-electron chi connectivity index (χ0n) is 12.8. The molecule has 21 heavy (non-hydrogen) atoms. The predicted octanol–water partition coefficient (Wildman–Crippen LogP) is 1.89. The minimum Gasteiger partial charge on any atom is -0.350 e. The van der Waals surface area contributed by atoms with Gasteiger partial charge in [-0.25, -0.2) is 12.8 Å². The summed E-state index contributed by atoms with van der Waals surface area (Å²) in [7, 11) is -3.68. The number of anilines is 1. The van der Waals surface area contributed by atoms with Crippen molar-refractivity contribution < 1.29 is 17.6 Å². The van der Waals surface area contributed by atoms with E-state index in [1.807, 2.05) is 0 Å². The SMILES string of the molecule is C[C@H](C(=O)NC(C)(C)C)N(c1ccc(F)cc1)S(C)(=O)=O. The lowest BCUT2D eigenvalue weighted by molar-refractivity contribution is -0.123. The smallest absolute Gasteiger partial charge is 0.244 e. The van der Waals surface area contributed by atoms with E-state index >= 15 is 0 Å². The Labute approximate surface area is 125 Å². The minimum atomic E-state index is -3.68. The first kappa shape index (κ1) is 17.4. The molecule has 1 aromatic carbocycles. The second-order valence-electron chi connectivity index (χ2n) is 5.95. The zero-order chi connectivity index (χ0) is 16.4. The molecule has 0 saturated heterocycles. The number of nitrogens with one attached hydrogen (secondary N) is 1. The number of amides is 1. The van der Waals surface area contributed by atoms with Gasteiger partial charge in [-0.2, -0.15) is 0 Å². The molecule has 1 atom stereocenters. The fraction of sp³-hybridized carbons (Fsp3) is 0.500. The molecule has 0 unspecified atom stereocenters. The van der Waals surface area contributed by atoms with Gasteiger partial charge in [-0.05, 0) is 52.0 Å². The van der Waals surface area contributed by atoms with Crippen LogP contribution in [0.1, 0.15) is 27.7 Å². The molecule has 1 amide bonds. The molecule has 0 saturated carbocycles. The molecule has 0 bridgehead atoms. The van der Waals surface area contributed by atoms with Gasteiger partial charge in [-0.3, -0.25) is 9.10 Å². The standard InChI is InChI=1S/C14H21FN2O3S/c1-10(13(18)16-14(2,3)4)17(21(5,19)20)12-8-6-11(15)7-9-12/h6-10H,1-5H3,(H,16,18)/t10-/m1/s1. The minimum absolute atomic E-state index is 0.246. The summed E-state index contributed by atoms with van der Waals surface area (Å²) >= 11 is 0. The summed E-state index contributed by atoms with van der Waals surface area (Å²) in [5.74, 6) is -0.892. The molecule has 1 rings (SSSR count). The van der Waals surface area contributed by atoms with E-state index in [2.05, 4.69) is 5.32 Å². The largest absolute Gasteiger partial charge is 0.350 e. The highest BCUT2D eigenvalue weighted by Gasteiger charge is 2.30. The topological polar surface area (TPSA) is 66.5 Å². The van der Waals surface area contributed by atoms with E-state index in [4.69, 9.17) is 0 Å². The third-order valence-electron chi connectivity index (χ3n) is 2.67. The molecule has 0 fully saturated rings. The fourth-order valence-electron chi connectivity index (χ4n) is 1.87. The zero-order valence-corrected chi connectivity index (χ0v) is 13.7. The first-order chi connectivity index (χ1) is 9.42. The average molecular weight is 316 g/mol. The third kappa shape index (κ3) is 5.00. The maximum Gasteiger partial charge on any atom is 0.244 e. The van der Waals surface area contributed by atoms with Crippen LogP contribution in [0.3, 0.4) is 0 Å². The van der Waals surface area contributed by atoms with E-state index < -0.39 is 33.3 Å². The summed E-state index contributed by atoms with van der Waals surface area (Å²) in [6.07, 6.45) is 1.01. The molecule has 0 aliphatic carbocycles. The number of carbonyl (C=O) groups excluding carboxylic acids is 1. The van der Waals surface area contributed by atoms with Gasteiger partial charge < -0.3 is 5.32 Å². The molecule has 0 aliphatic heterocycles. The van der Waals surface area contributed by atoms with Crippen LogP contribution in [-0.4, -0.2) is 32.2 Å². The van der Waals surface area contributed by atoms with Gasteiger partial charge in [0, 0.05) is 5.54 Å². The van der Waals surface area contributed by atoms with E-state index in [-0.39, 0.29) is 5.69 Å². The molecule has 7 heteroatoms. The second kappa shape index (κ2) is 6.01. The normalized spacial score (nSPS) is 13.6. The number of sulfonamides is 1. The predicted molar refractivity (Wildman–Crippen MR) is 81.1 cm³/mol. The van der Waals surface area contributed by atoms with E-state index in [1.54, 1.807) is 20.8 Å². The summed E-state index contributed by atoms with van der Waals surface area (Å²) < 4.78 is 37.9. The lowest BCUT2D eigenvalue weighted by atomic mass is 10.1. The number of hydrogen-bond donors (Lipinski definition) is 1. The van der Waals surface area contributed by atoms with Crippen LogP contribution in [0.5, 0.6) is 0 Å². The number of carbonyl (C=O) groups is 1. The van der Waals surface area contributed by atoms with Crippen molar-refractivity contribution in [3.8, 4) is 0 Å². The lowest BCUT2D eigenvalue weighted by Crippen LogP contribution is -2.52. The van der Waals surface area contributed by atoms with Crippen LogP contribution in [0.25, 0.3) is 0 Å². The monoisotopic (exact) mass is 316 g/mol. The molecule has 118 valence electrons. The number of rotatable bonds is 4. The molecule has 0 spiro atoms. The number of benzene rings is 1. The van der Waals surface area contributed by atoms with Crippen molar-refractivity contribution in [1.82, 2.24) is 5.32 Å². The van der Waals surface area contributed by atoms with Gasteiger partial charge in [-0.1, -0.05) is 0 Å². The van der Waals surface area contributed by atoms with Crippen LogP contribution in [0.4, 0.5) is 10.1 Å². The molecule has 0 aliphatic rings. The molecule has 0 heterocycles. The van der Waals surface area contributed by atoms with Gasteiger partial charge in [0.15, 0.2) is 0 Å². The van der Waals surface area contributed by atoms with Crippen LogP contribution >= 0.6 is 0 Å². The van der Waals surface area contributed by atoms with Gasteiger partial charge in [0.05, 0.1) is 11.9 Å². The van der Waals surface area contributed by atoms with Gasteiger partial charge in [0.1, 0.15) is 11.9 Å². The van der Waals surface area contributed by atoms with Crippen LogP contribution in [-0.2, 0) is 14.8 Å². The molecule has 0 radical (unpaired) electrons. The Morgan fingerprint density at radius 1 is 1.24 bits per heavy atom. The first-order valence-electron chi connectivity index (χ1n) is 6.49. The Bertz CT molecular complexity index is 606. The fourth-order valence-corrected chi connectivity index (χ4v) is 3.05. The highest BCUT2D eigenvalue weighted by atomic mass is 32.2.